The molecule has 0 fully saturated rings. The number of halogens is 1. The van der Waals surface area contributed by atoms with Crippen LogP contribution in [0.3, 0.4) is 0 Å². The third-order valence-electron chi connectivity index (χ3n) is 2.80. The molecule has 110 valence electrons. The third-order valence-corrected chi connectivity index (χ3v) is 3.72. The molecule has 0 aliphatic heterocycles. The van der Waals surface area contributed by atoms with Crippen molar-refractivity contribution in [2.24, 2.45) is 0 Å². The van der Waals surface area contributed by atoms with E-state index in [0.29, 0.717) is 23.7 Å². The van der Waals surface area contributed by atoms with Crippen LogP contribution >= 0.6 is 22.9 Å². The van der Waals surface area contributed by atoms with E-state index in [9.17, 15) is 9.59 Å². The Labute approximate surface area is 132 Å². The highest BCUT2D eigenvalue weighted by molar-refractivity contribution is 7.08. The maximum absolute atomic E-state index is 11.7. The Hall–Kier alpha value is -1.85. The highest BCUT2D eigenvalue weighted by Gasteiger charge is 2.06. The fourth-order valence-electron chi connectivity index (χ4n) is 1.72. The van der Waals surface area contributed by atoms with Crippen LogP contribution in [0.5, 0.6) is 0 Å². The number of amides is 2. The molecule has 2 aromatic rings. The fourth-order valence-corrected chi connectivity index (χ4v) is 2.57. The second-order valence-electron chi connectivity index (χ2n) is 4.42. The molecular formula is C15H15ClN2O2S. The first kappa shape index (κ1) is 15.5. The molecule has 2 amide bonds. The van der Waals surface area contributed by atoms with Gasteiger partial charge >= 0.3 is 0 Å². The van der Waals surface area contributed by atoms with Gasteiger partial charge in [0, 0.05) is 35.5 Å². The summed E-state index contributed by atoms with van der Waals surface area (Å²) in [6, 6.07) is 9.07. The van der Waals surface area contributed by atoms with Gasteiger partial charge in [0.1, 0.15) is 0 Å². The molecule has 21 heavy (non-hydrogen) atoms. The molecule has 0 aliphatic carbocycles. The Balaban J connectivity index is 1.67. The highest BCUT2D eigenvalue weighted by Crippen LogP contribution is 2.10. The summed E-state index contributed by atoms with van der Waals surface area (Å²) in [7, 11) is 0. The standard InChI is InChI=1S/C15H15ClN2O2S/c16-13-3-1-2-11(8-13)9-18-14(19)4-6-17-15(20)12-5-7-21-10-12/h1-3,5,7-8,10H,4,6,9H2,(H,17,20)(H,18,19). The summed E-state index contributed by atoms with van der Waals surface area (Å²) in [6.45, 7) is 0.744. The van der Waals surface area contributed by atoms with E-state index in [1.165, 1.54) is 11.3 Å². The Morgan fingerprint density at radius 2 is 2.05 bits per heavy atom. The van der Waals surface area contributed by atoms with Crippen LogP contribution in [0.2, 0.25) is 5.02 Å². The number of hydrogen-bond donors (Lipinski definition) is 2. The normalized spacial score (nSPS) is 10.1. The van der Waals surface area contributed by atoms with Crippen LogP contribution in [0.15, 0.2) is 41.1 Å². The SMILES string of the molecule is O=C(CCNC(=O)c1ccsc1)NCc1cccc(Cl)c1. The lowest BCUT2D eigenvalue weighted by molar-refractivity contribution is -0.121. The minimum absolute atomic E-state index is 0.111. The first-order valence-electron chi connectivity index (χ1n) is 6.46. The van der Waals surface area contributed by atoms with Gasteiger partial charge in [-0.1, -0.05) is 23.7 Å². The van der Waals surface area contributed by atoms with Crippen molar-refractivity contribution in [1.29, 1.82) is 0 Å². The lowest BCUT2D eigenvalue weighted by Gasteiger charge is -2.06. The van der Waals surface area contributed by atoms with Crippen LogP contribution in [-0.2, 0) is 11.3 Å². The Morgan fingerprint density at radius 3 is 2.76 bits per heavy atom. The molecule has 2 rings (SSSR count). The van der Waals surface area contributed by atoms with E-state index < -0.39 is 0 Å². The van der Waals surface area contributed by atoms with Gasteiger partial charge in [-0.3, -0.25) is 9.59 Å². The molecule has 1 aromatic carbocycles. The lowest BCUT2D eigenvalue weighted by atomic mass is 10.2. The quantitative estimate of drug-likeness (QED) is 0.859. The molecule has 4 nitrogen and oxygen atoms in total. The summed E-state index contributed by atoms with van der Waals surface area (Å²) in [5.41, 5.74) is 1.57. The summed E-state index contributed by atoms with van der Waals surface area (Å²) >= 11 is 7.33. The summed E-state index contributed by atoms with van der Waals surface area (Å²) in [6.07, 6.45) is 0.246. The maximum atomic E-state index is 11.7. The fraction of sp³-hybridized carbons (Fsp3) is 0.200. The number of nitrogens with one attached hydrogen (secondary N) is 2. The zero-order valence-corrected chi connectivity index (χ0v) is 12.8. The van der Waals surface area contributed by atoms with E-state index in [4.69, 9.17) is 11.6 Å². The molecule has 1 aromatic heterocycles. The van der Waals surface area contributed by atoms with Crippen LogP contribution < -0.4 is 10.6 Å². The number of rotatable bonds is 6. The van der Waals surface area contributed by atoms with Gasteiger partial charge in [0.2, 0.25) is 5.91 Å². The van der Waals surface area contributed by atoms with Crippen LogP contribution in [0.25, 0.3) is 0 Å². The van der Waals surface area contributed by atoms with Gasteiger partial charge in [-0.15, -0.1) is 0 Å². The van der Waals surface area contributed by atoms with Crippen molar-refractivity contribution in [3.05, 3.63) is 57.2 Å². The molecular weight excluding hydrogens is 308 g/mol. The maximum Gasteiger partial charge on any atom is 0.252 e. The lowest BCUT2D eigenvalue weighted by Crippen LogP contribution is -2.30. The summed E-state index contributed by atoms with van der Waals surface area (Å²) in [5, 5.41) is 9.75. The van der Waals surface area contributed by atoms with Gasteiger partial charge in [0.05, 0.1) is 0 Å². The van der Waals surface area contributed by atoms with Gasteiger partial charge in [0.25, 0.3) is 5.91 Å². The Morgan fingerprint density at radius 1 is 1.19 bits per heavy atom. The van der Waals surface area contributed by atoms with E-state index in [1.54, 1.807) is 23.6 Å². The zero-order valence-electron chi connectivity index (χ0n) is 11.3. The zero-order chi connectivity index (χ0) is 15.1. The van der Waals surface area contributed by atoms with Crippen molar-refractivity contribution < 1.29 is 9.59 Å². The average molecular weight is 323 g/mol. The van der Waals surface area contributed by atoms with Gasteiger partial charge in [-0.05, 0) is 29.1 Å². The van der Waals surface area contributed by atoms with Crippen molar-refractivity contribution in [2.45, 2.75) is 13.0 Å². The molecule has 0 spiro atoms. The van der Waals surface area contributed by atoms with Gasteiger partial charge in [-0.2, -0.15) is 11.3 Å². The number of carbonyl (C=O) groups is 2. The summed E-state index contributed by atoms with van der Waals surface area (Å²) < 4.78 is 0. The van der Waals surface area contributed by atoms with Crippen LogP contribution in [0, 0.1) is 0 Å². The second-order valence-corrected chi connectivity index (χ2v) is 5.64. The summed E-state index contributed by atoms with van der Waals surface area (Å²) in [4.78, 5) is 23.3. The molecule has 0 saturated heterocycles. The van der Waals surface area contributed by atoms with E-state index in [0.717, 1.165) is 5.56 Å². The van der Waals surface area contributed by atoms with Crippen molar-refractivity contribution in [3.8, 4) is 0 Å². The van der Waals surface area contributed by atoms with Crippen molar-refractivity contribution >= 4 is 34.8 Å². The molecule has 0 unspecified atom stereocenters. The number of thiophene rings is 1. The minimum Gasteiger partial charge on any atom is -0.352 e. The topological polar surface area (TPSA) is 58.2 Å². The minimum atomic E-state index is -0.154. The van der Waals surface area contributed by atoms with Crippen LogP contribution in [-0.4, -0.2) is 18.4 Å². The second kappa shape index (κ2) is 7.81. The Kier molecular flexibility index (Phi) is 5.78. The average Bonchev–Trinajstić information content (AvgIpc) is 2.99. The molecule has 0 aliphatic rings. The monoisotopic (exact) mass is 322 g/mol. The first-order chi connectivity index (χ1) is 10.1. The molecule has 0 bridgehead atoms. The predicted molar refractivity (Wildman–Crippen MR) is 84.6 cm³/mol. The molecule has 0 radical (unpaired) electrons. The van der Waals surface area contributed by atoms with E-state index >= 15 is 0 Å². The number of hydrogen-bond acceptors (Lipinski definition) is 3. The predicted octanol–water partition coefficient (Wildman–Crippen LogP) is 2.84. The Bertz CT molecular complexity index is 614. The van der Waals surface area contributed by atoms with Crippen molar-refractivity contribution in [1.82, 2.24) is 10.6 Å². The van der Waals surface area contributed by atoms with Gasteiger partial charge in [-0.25, -0.2) is 0 Å². The molecule has 0 saturated carbocycles. The molecule has 0 atom stereocenters. The smallest absolute Gasteiger partial charge is 0.252 e. The van der Waals surface area contributed by atoms with E-state index in [2.05, 4.69) is 10.6 Å². The van der Waals surface area contributed by atoms with Gasteiger partial charge in [0.15, 0.2) is 0 Å². The van der Waals surface area contributed by atoms with Crippen LogP contribution in [0.1, 0.15) is 22.3 Å². The molecule has 2 N–H and O–H groups in total. The van der Waals surface area contributed by atoms with E-state index in [1.807, 2.05) is 17.5 Å². The molecule has 1 heterocycles. The highest BCUT2D eigenvalue weighted by atomic mass is 35.5. The molecule has 6 heteroatoms. The largest absolute Gasteiger partial charge is 0.352 e. The number of carbonyl (C=O) groups excluding carboxylic acids is 2. The third kappa shape index (κ3) is 5.21. The summed E-state index contributed by atoms with van der Waals surface area (Å²) in [5.74, 6) is -0.264. The first-order valence-corrected chi connectivity index (χ1v) is 7.79. The van der Waals surface area contributed by atoms with Gasteiger partial charge < -0.3 is 10.6 Å². The number of benzene rings is 1. The van der Waals surface area contributed by atoms with Crippen molar-refractivity contribution in [2.75, 3.05) is 6.54 Å². The van der Waals surface area contributed by atoms with E-state index in [-0.39, 0.29) is 18.2 Å². The van der Waals surface area contributed by atoms with Crippen LogP contribution in [0.4, 0.5) is 0 Å². The van der Waals surface area contributed by atoms with Crippen molar-refractivity contribution in [3.63, 3.8) is 0 Å².